The highest BCUT2D eigenvalue weighted by Gasteiger charge is 2.35. The molecule has 4 N–H and O–H groups in total. The van der Waals surface area contributed by atoms with Crippen LogP contribution in [0, 0.1) is 0 Å². The van der Waals surface area contributed by atoms with E-state index in [1.165, 1.54) is 23.2 Å². The molecule has 0 aromatic heterocycles. The molecule has 0 bridgehead atoms. The lowest BCUT2D eigenvalue weighted by atomic mass is 9.85. The van der Waals surface area contributed by atoms with Gasteiger partial charge in [0.05, 0.1) is 16.3 Å². The second kappa shape index (κ2) is 8.03. The third-order valence-corrected chi connectivity index (χ3v) is 6.06. The Bertz CT molecular complexity index is 1200. The number of rotatable bonds is 4. The van der Waals surface area contributed by atoms with Crippen molar-refractivity contribution >= 4 is 50.3 Å². The zero-order chi connectivity index (χ0) is 23.1. The average Bonchev–Trinajstić information content (AvgIpc) is 2.94. The van der Waals surface area contributed by atoms with E-state index in [1.807, 2.05) is 25.1 Å². The van der Waals surface area contributed by atoms with E-state index < -0.39 is 10.0 Å². The van der Waals surface area contributed by atoms with E-state index >= 15 is 0 Å². The van der Waals surface area contributed by atoms with E-state index in [0.717, 1.165) is 11.3 Å². The van der Waals surface area contributed by atoms with Gasteiger partial charge in [0, 0.05) is 12.1 Å². The molecular formula is C21H25N5O3S2. The third kappa shape index (κ3) is 4.46. The SMILES string of the molecule is CCN1C(=O)/C(=N\N(C(N)=S)c2cccc(S(N)(=O)=O)c2)c2cc(C(C)(C)C)ccc21. The monoisotopic (exact) mass is 459 g/mol. The van der Waals surface area contributed by atoms with Crippen molar-refractivity contribution in [2.75, 3.05) is 16.5 Å². The van der Waals surface area contributed by atoms with Gasteiger partial charge in [-0.15, -0.1) is 0 Å². The highest BCUT2D eigenvalue weighted by molar-refractivity contribution is 7.89. The van der Waals surface area contributed by atoms with Crippen LogP contribution in [0.4, 0.5) is 11.4 Å². The number of carbonyl (C=O) groups is 1. The molecule has 1 amide bonds. The molecule has 3 rings (SSSR count). The molecule has 1 heterocycles. The number of hydrogen-bond donors (Lipinski definition) is 2. The number of nitrogens with zero attached hydrogens (tertiary/aromatic N) is 3. The van der Waals surface area contributed by atoms with Crippen molar-refractivity contribution in [3.05, 3.63) is 53.6 Å². The number of benzene rings is 2. The molecule has 0 saturated carbocycles. The van der Waals surface area contributed by atoms with Crippen molar-refractivity contribution < 1.29 is 13.2 Å². The summed E-state index contributed by atoms with van der Waals surface area (Å²) in [6.45, 7) is 8.59. The maximum Gasteiger partial charge on any atom is 0.279 e. The van der Waals surface area contributed by atoms with Crippen LogP contribution in [0.2, 0.25) is 0 Å². The maximum absolute atomic E-state index is 13.1. The highest BCUT2D eigenvalue weighted by atomic mass is 32.2. The van der Waals surface area contributed by atoms with Crippen LogP contribution in [0.3, 0.4) is 0 Å². The van der Waals surface area contributed by atoms with E-state index in [-0.39, 0.29) is 32.7 Å². The summed E-state index contributed by atoms with van der Waals surface area (Å²) in [5.41, 5.74) is 8.68. The first-order chi connectivity index (χ1) is 14.3. The minimum atomic E-state index is -3.94. The third-order valence-electron chi connectivity index (χ3n) is 4.97. The van der Waals surface area contributed by atoms with E-state index in [9.17, 15) is 13.2 Å². The molecule has 1 aliphatic rings. The lowest BCUT2D eigenvalue weighted by Gasteiger charge is -2.21. The molecule has 2 aromatic carbocycles. The Morgan fingerprint density at radius 1 is 1.19 bits per heavy atom. The van der Waals surface area contributed by atoms with E-state index in [1.54, 1.807) is 11.0 Å². The fourth-order valence-electron chi connectivity index (χ4n) is 3.32. The summed E-state index contributed by atoms with van der Waals surface area (Å²) in [5, 5.41) is 10.7. The summed E-state index contributed by atoms with van der Waals surface area (Å²) < 4.78 is 23.5. The number of likely N-dealkylation sites (N-methyl/N-ethyl adjacent to an activating group) is 1. The molecule has 164 valence electrons. The predicted octanol–water partition coefficient (Wildman–Crippen LogP) is 2.45. The van der Waals surface area contributed by atoms with Gasteiger partial charge < -0.3 is 10.6 Å². The first-order valence-electron chi connectivity index (χ1n) is 9.62. The second-order valence-electron chi connectivity index (χ2n) is 8.17. The summed E-state index contributed by atoms with van der Waals surface area (Å²) in [6, 6.07) is 11.6. The summed E-state index contributed by atoms with van der Waals surface area (Å²) in [4.78, 5) is 14.6. The number of hydrogen-bond acceptors (Lipinski definition) is 5. The molecule has 0 saturated heterocycles. The fourth-order valence-corrected chi connectivity index (χ4v) is 4.02. The summed E-state index contributed by atoms with van der Waals surface area (Å²) >= 11 is 5.14. The molecule has 0 atom stereocenters. The lowest BCUT2D eigenvalue weighted by Crippen LogP contribution is -2.35. The van der Waals surface area contributed by atoms with Crippen molar-refractivity contribution in [2.24, 2.45) is 16.0 Å². The largest absolute Gasteiger partial charge is 0.374 e. The molecule has 0 aliphatic carbocycles. The Morgan fingerprint density at radius 2 is 1.87 bits per heavy atom. The number of sulfonamides is 1. The van der Waals surface area contributed by atoms with Gasteiger partial charge in [0.2, 0.25) is 10.0 Å². The number of nitrogens with two attached hydrogens (primary N) is 2. The van der Waals surface area contributed by atoms with E-state index in [0.29, 0.717) is 12.1 Å². The van der Waals surface area contributed by atoms with Gasteiger partial charge in [-0.2, -0.15) is 5.10 Å². The minimum absolute atomic E-state index is 0.116. The molecule has 2 aromatic rings. The molecule has 8 nitrogen and oxygen atoms in total. The molecule has 31 heavy (non-hydrogen) atoms. The minimum Gasteiger partial charge on any atom is -0.374 e. The van der Waals surface area contributed by atoms with Crippen LogP contribution in [0.25, 0.3) is 0 Å². The van der Waals surface area contributed by atoms with Gasteiger partial charge >= 0.3 is 0 Å². The van der Waals surface area contributed by atoms with Gasteiger partial charge in [-0.1, -0.05) is 32.9 Å². The van der Waals surface area contributed by atoms with Crippen LogP contribution in [-0.2, 0) is 20.2 Å². The second-order valence-corrected chi connectivity index (χ2v) is 10.2. The van der Waals surface area contributed by atoms with Gasteiger partial charge in [0.25, 0.3) is 5.91 Å². The fraction of sp³-hybridized carbons (Fsp3) is 0.286. The number of anilines is 2. The first-order valence-corrected chi connectivity index (χ1v) is 11.6. The van der Waals surface area contributed by atoms with Crippen molar-refractivity contribution in [3.8, 4) is 0 Å². The number of thiocarbonyl (C=S) groups is 1. The standard InChI is InChI=1S/C21H25N5O3S2/c1-5-25-17-10-9-13(21(2,3)4)11-16(17)18(19(25)27)24-26(20(22)30)14-7-6-8-15(12-14)31(23,28)29/h6-12H,5H2,1-4H3,(H2,22,30)(H2,23,28,29)/b24-18-. The van der Waals surface area contributed by atoms with Gasteiger partial charge in [-0.05, 0) is 60.5 Å². The Labute approximate surface area is 187 Å². The molecule has 0 spiro atoms. The lowest BCUT2D eigenvalue weighted by molar-refractivity contribution is -0.112. The van der Waals surface area contributed by atoms with Crippen LogP contribution in [0.5, 0.6) is 0 Å². The van der Waals surface area contributed by atoms with Crippen molar-refractivity contribution in [2.45, 2.75) is 38.0 Å². The number of primary sulfonamides is 1. The van der Waals surface area contributed by atoms with Crippen molar-refractivity contribution in [1.82, 2.24) is 0 Å². The van der Waals surface area contributed by atoms with Gasteiger partial charge in [0.1, 0.15) is 0 Å². The van der Waals surface area contributed by atoms with Gasteiger partial charge in [0.15, 0.2) is 10.8 Å². The van der Waals surface area contributed by atoms with Gasteiger partial charge in [-0.3, -0.25) is 4.79 Å². The predicted molar refractivity (Wildman–Crippen MR) is 127 cm³/mol. The quantitative estimate of drug-likeness (QED) is 0.535. The Balaban J connectivity index is 2.19. The molecular weight excluding hydrogens is 434 g/mol. The maximum atomic E-state index is 13.1. The van der Waals surface area contributed by atoms with Crippen molar-refractivity contribution in [1.29, 1.82) is 0 Å². The highest BCUT2D eigenvalue weighted by Crippen LogP contribution is 2.34. The Kier molecular flexibility index (Phi) is 5.92. The number of amides is 1. The van der Waals surface area contributed by atoms with Crippen LogP contribution in [-0.4, -0.2) is 31.7 Å². The van der Waals surface area contributed by atoms with Crippen LogP contribution < -0.4 is 20.8 Å². The number of fused-ring (bicyclic) bond motifs is 1. The normalized spacial score (nSPS) is 15.3. The van der Waals surface area contributed by atoms with E-state index in [2.05, 4.69) is 25.9 Å². The molecule has 0 fully saturated rings. The zero-order valence-corrected chi connectivity index (χ0v) is 19.4. The number of hydrazone groups is 1. The van der Waals surface area contributed by atoms with Crippen LogP contribution in [0.15, 0.2) is 52.5 Å². The van der Waals surface area contributed by atoms with Crippen molar-refractivity contribution in [3.63, 3.8) is 0 Å². The first kappa shape index (κ1) is 22.9. The van der Waals surface area contributed by atoms with Crippen LogP contribution >= 0.6 is 12.2 Å². The molecule has 0 unspecified atom stereocenters. The molecule has 0 radical (unpaired) electrons. The molecule has 10 heteroatoms. The summed E-state index contributed by atoms with van der Waals surface area (Å²) in [5.74, 6) is -0.285. The smallest absolute Gasteiger partial charge is 0.279 e. The number of carbonyl (C=O) groups excluding carboxylic acids is 1. The van der Waals surface area contributed by atoms with E-state index in [4.69, 9.17) is 23.1 Å². The summed E-state index contributed by atoms with van der Waals surface area (Å²) in [7, 11) is -3.94. The van der Waals surface area contributed by atoms with Gasteiger partial charge in [-0.25, -0.2) is 18.6 Å². The topological polar surface area (TPSA) is 122 Å². The molecule has 1 aliphatic heterocycles. The zero-order valence-electron chi connectivity index (χ0n) is 17.8. The Hall–Kier alpha value is -2.82. The summed E-state index contributed by atoms with van der Waals surface area (Å²) in [6.07, 6.45) is 0. The average molecular weight is 460 g/mol. The Morgan fingerprint density at radius 3 is 2.42 bits per heavy atom. The van der Waals surface area contributed by atoms with Crippen LogP contribution in [0.1, 0.15) is 38.8 Å².